The molecule has 1 fully saturated rings. The highest BCUT2D eigenvalue weighted by atomic mass is 14.9. The van der Waals surface area contributed by atoms with E-state index in [2.05, 4.69) is 36.3 Å². The van der Waals surface area contributed by atoms with Gasteiger partial charge in [-0.25, -0.2) is 0 Å². The number of nitrogens with one attached hydrogen (secondary N) is 1. The van der Waals surface area contributed by atoms with E-state index in [1.165, 1.54) is 44.1 Å². The normalized spacial score (nSPS) is 26.6. The van der Waals surface area contributed by atoms with Crippen molar-refractivity contribution in [2.75, 3.05) is 0 Å². The molecule has 0 spiro atoms. The molecule has 0 aliphatic heterocycles. The van der Waals surface area contributed by atoms with E-state index in [1.807, 2.05) is 12.4 Å². The van der Waals surface area contributed by atoms with Gasteiger partial charge in [-0.15, -0.1) is 0 Å². The van der Waals surface area contributed by atoms with Crippen molar-refractivity contribution in [3.05, 3.63) is 30.1 Å². The molecule has 0 bridgehead atoms. The van der Waals surface area contributed by atoms with E-state index in [0.29, 0.717) is 12.1 Å². The number of hydrogen-bond acceptors (Lipinski definition) is 2. The molecule has 1 aromatic heterocycles. The van der Waals surface area contributed by atoms with Crippen LogP contribution in [0.1, 0.15) is 64.0 Å². The lowest BCUT2D eigenvalue weighted by molar-refractivity contribution is 0.400. The van der Waals surface area contributed by atoms with Crippen LogP contribution in [-0.4, -0.2) is 11.0 Å². The Bertz CT molecular complexity index is 336. The van der Waals surface area contributed by atoms with Crippen LogP contribution >= 0.6 is 0 Å². The van der Waals surface area contributed by atoms with Crippen molar-refractivity contribution < 1.29 is 0 Å². The zero-order valence-corrected chi connectivity index (χ0v) is 11.7. The van der Waals surface area contributed by atoms with Crippen LogP contribution in [0, 0.1) is 5.92 Å². The van der Waals surface area contributed by atoms with Crippen molar-refractivity contribution in [3.63, 3.8) is 0 Å². The molecular formula is C16H26N2. The Morgan fingerprint density at radius 2 is 2.00 bits per heavy atom. The van der Waals surface area contributed by atoms with Crippen LogP contribution in [0.4, 0.5) is 0 Å². The molecule has 2 heteroatoms. The fourth-order valence-corrected chi connectivity index (χ4v) is 3.06. The lowest BCUT2D eigenvalue weighted by Gasteiger charge is -2.22. The summed E-state index contributed by atoms with van der Waals surface area (Å²) >= 11 is 0. The van der Waals surface area contributed by atoms with Gasteiger partial charge in [0.05, 0.1) is 0 Å². The molecule has 18 heavy (non-hydrogen) atoms. The third kappa shape index (κ3) is 3.81. The van der Waals surface area contributed by atoms with Crippen molar-refractivity contribution in [3.8, 4) is 0 Å². The standard InChI is InChI=1S/C16H26N2/c1-3-14-5-4-6-16(8-7-14)18-13(2)15-9-11-17-12-10-15/h9-14,16,18H,3-8H2,1-2H3/t13-,14?,16?/m0/s1. The maximum absolute atomic E-state index is 4.08. The van der Waals surface area contributed by atoms with Gasteiger partial charge in [0.1, 0.15) is 0 Å². The molecule has 1 heterocycles. The van der Waals surface area contributed by atoms with Gasteiger partial charge >= 0.3 is 0 Å². The smallest absolute Gasteiger partial charge is 0.0295 e. The van der Waals surface area contributed by atoms with Gasteiger partial charge < -0.3 is 5.32 Å². The molecule has 1 N–H and O–H groups in total. The first-order chi connectivity index (χ1) is 8.79. The average Bonchev–Trinajstić information content (AvgIpc) is 2.65. The third-order valence-electron chi connectivity index (χ3n) is 4.36. The first-order valence-electron chi connectivity index (χ1n) is 7.45. The molecule has 1 aliphatic carbocycles. The highest BCUT2D eigenvalue weighted by molar-refractivity contribution is 5.14. The van der Waals surface area contributed by atoms with Crippen molar-refractivity contribution >= 4 is 0 Å². The number of nitrogens with zero attached hydrogens (tertiary/aromatic N) is 1. The molecule has 1 saturated carbocycles. The van der Waals surface area contributed by atoms with Crippen LogP contribution in [0.2, 0.25) is 0 Å². The quantitative estimate of drug-likeness (QED) is 0.809. The van der Waals surface area contributed by atoms with E-state index in [4.69, 9.17) is 0 Å². The minimum Gasteiger partial charge on any atom is -0.307 e. The number of hydrogen-bond donors (Lipinski definition) is 1. The van der Waals surface area contributed by atoms with Crippen LogP contribution in [0.15, 0.2) is 24.5 Å². The van der Waals surface area contributed by atoms with Crippen LogP contribution in [0.25, 0.3) is 0 Å². The van der Waals surface area contributed by atoms with Crippen molar-refractivity contribution in [2.45, 2.75) is 64.5 Å². The summed E-state index contributed by atoms with van der Waals surface area (Å²) in [5.74, 6) is 0.966. The Labute approximate surface area is 111 Å². The summed E-state index contributed by atoms with van der Waals surface area (Å²) in [4.78, 5) is 4.08. The second kappa shape index (κ2) is 6.89. The van der Waals surface area contributed by atoms with Gasteiger partial charge in [-0.2, -0.15) is 0 Å². The summed E-state index contributed by atoms with van der Waals surface area (Å²) in [5, 5.41) is 3.79. The van der Waals surface area contributed by atoms with Gasteiger partial charge in [0.25, 0.3) is 0 Å². The van der Waals surface area contributed by atoms with E-state index in [9.17, 15) is 0 Å². The molecule has 3 atom stereocenters. The van der Waals surface area contributed by atoms with Crippen molar-refractivity contribution in [1.82, 2.24) is 10.3 Å². The Morgan fingerprint density at radius 3 is 2.72 bits per heavy atom. The van der Waals surface area contributed by atoms with Crippen molar-refractivity contribution in [2.24, 2.45) is 5.92 Å². The minimum absolute atomic E-state index is 0.441. The molecule has 2 unspecified atom stereocenters. The largest absolute Gasteiger partial charge is 0.307 e. The zero-order valence-electron chi connectivity index (χ0n) is 11.7. The summed E-state index contributed by atoms with van der Waals surface area (Å²) in [6, 6.07) is 5.37. The van der Waals surface area contributed by atoms with Gasteiger partial charge in [0.15, 0.2) is 0 Å². The molecule has 2 nitrogen and oxygen atoms in total. The molecule has 0 saturated heterocycles. The first kappa shape index (κ1) is 13.5. The van der Waals surface area contributed by atoms with Crippen LogP contribution in [0.3, 0.4) is 0 Å². The summed E-state index contributed by atoms with van der Waals surface area (Å²) in [7, 11) is 0. The monoisotopic (exact) mass is 246 g/mol. The fraction of sp³-hybridized carbons (Fsp3) is 0.688. The molecule has 2 rings (SSSR count). The maximum Gasteiger partial charge on any atom is 0.0295 e. The Kier molecular flexibility index (Phi) is 5.18. The first-order valence-corrected chi connectivity index (χ1v) is 7.45. The molecule has 0 radical (unpaired) electrons. The van der Waals surface area contributed by atoms with Crippen molar-refractivity contribution in [1.29, 1.82) is 0 Å². The Hall–Kier alpha value is -0.890. The summed E-state index contributed by atoms with van der Waals surface area (Å²) in [6.07, 6.45) is 12.0. The van der Waals surface area contributed by atoms with E-state index in [0.717, 1.165) is 5.92 Å². The maximum atomic E-state index is 4.08. The minimum atomic E-state index is 0.441. The molecule has 0 aromatic carbocycles. The zero-order chi connectivity index (χ0) is 12.8. The molecular weight excluding hydrogens is 220 g/mol. The van der Waals surface area contributed by atoms with Crippen LogP contribution in [-0.2, 0) is 0 Å². The molecule has 1 aliphatic rings. The lowest BCUT2D eigenvalue weighted by atomic mass is 9.97. The second-order valence-corrected chi connectivity index (χ2v) is 5.65. The lowest BCUT2D eigenvalue weighted by Crippen LogP contribution is -2.31. The van der Waals surface area contributed by atoms with Gasteiger partial charge in [-0.1, -0.05) is 26.2 Å². The number of pyridine rings is 1. The fourth-order valence-electron chi connectivity index (χ4n) is 3.06. The van der Waals surface area contributed by atoms with Gasteiger partial charge in [0.2, 0.25) is 0 Å². The van der Waals surface area contributed by atoms with Gasteiger partial charge in [-0.05, 0) is 49.8 Å². The Balaban J connectivity index is 1.86. The highest BCUT2D eigenvalue weighted by Gasteiger charge is 2.19. The predicted molar refractivity (Wildman–Crippen MR) is 76.4 cm³/mol. The van der Waals surface area contributed by atoms with Crippen LogP contribution < -0.4 is 5.32 Å². The number of aromatic nitrogens is 1. The summed E-state index contributed by atoms with van der Waals surface area (Å²) < 4.78 is 0. The third-order valence-corrected chi connectivity index (χ3v) is 4.36. The van der Waals surface area contributed by atoms with Gasteiger partial charge in [-0.3, -0.25) is 4.98 Å². The number of rotatable bonds is 4. The summed E-state index contributed by atoms with van der Waals surface area (Å²) in [6.45, 7) is 4.59. The topological polar surface area (TPSA) is 24.9 Å². The second-order valence-electron chi connectivity index (χ2n) is 5.65. The average molecular weight is 246 g/mol. The van der Waals surface area contributed by atoms with Crippen LogP contribution in [0.5, 0.6) is 0 Å². The predicted octanol–water partition coefficient (Wildman–Crippen LogP) is 4.09. The summed E-state index contributed by atoms with van der Waals surface area (Å²) in [5.41, 5.74) is 1.35. The van der Waals surface area contributed by atoms with E-state index in [-0.39, 0.29) is 0 Å². The van der Waals surface area contributed by atoms with Gasteiger partial charge in [0, 0.05) is 24.5 Å². The van der Waals surface area contributed by atoms with E-state index >= 15 is 0 Å². The SMILES string of the molecule is CCC1CCCC(N[C@@H](C)c2ccncc2)CC1. The Morgan fingerprint density at radius 1 is 1.22 bits per heavy atom. The molecule has 1 aromatic rings. The van der Waals surface area contributed by atoms with E-state index in [1.54, 1.807) is 0 Å². The van der Waals surface area contributed by atoms with E-state index < -0.39 is 0 Å². The molecule has 100 valence electrons. The highest BCUT2D eigenvalue weighted by Crippen LogP contribution is 2.26. The molecule has 0 amide bonds.